The third-order valence-corrected chi connectivity index (χ3v) is 8.26. The second-order valence-corrected chi connectivity index (χ2v) is 12.0. The van der Waals surface area contributed by atoms with Gasteiger partial charge in [-0.25, -0.2) is 18.4 Å². The standard InChI is InChI=1S/C26H31F3N6O4S/c1-33-9-11-34(12-10-33)13-14-38-20-5-3-19(4-6-20)31-25-30-16-21(26(27,28)29)24(32-25)23-15-18-17-35(40(2,36)37)8-7-22(18)39-23/h3-6,15-16H,7-14,17H2,1-2H3,(H,30,31,32). The number of anilines is 2. The van der Waals surface area contributed by atoms with Gasteiger partial charge in [0.05, 0.1) is 6.26 Å². The van der Waals surface area contributed by atoms with E-state index in [9.17, 15) is 21.6 Å². The summed E-state index contributed by atoms with van der Waals surface area (Å²) in [6.45, 7) is 5.71. The highest BCUT2D eigenvalue weighted by molar-refractivity contribution is 7.88. The van der Waals surface area contributed by atoms with Crippen molar-refractivity contribution in [1.29, 1.82) is 0 Å². The van der Waals surface area contributed by atoms with Crippen LogP contribution in [-0.2, 0) is 29.2 Å². The number of piperazine rings is 1. The summed E-state index contributed by atoms with van der Waals surface area (Å²) in [5.41, 5.74) is -0.391. The Bertz CT molecular complexity index is 1440. The highest BCUT2D eigenvalue weighted by Crippen LogP contribution is 2.38. The molecule has 216 valence electrons. The number of ether oxygens (including phenoxy) is 1. The molecule has 40 heavy (non-hydrogen) atoms. The summed E-state index contributed by atoms with van der Waals surface area (Å²) < 4.78 is 78.2. The maximum atomic E-state index is 13.8. The van der Waals surface area contributed by atoms with Gasteiger partial charge in [-0.2, -0.15) is 17.5 Å². The maximum Gasteiger partial charge on any atom is 0.420 e. The van der Waals surface area contributed by atoms with E-state index in [2.05, 4.69) is 32.1 Å². The topological polar surface area (TPSA) is 104 Å². The fourth-order valence-corrected chi connectivity index (χ4v) is 5.47. The van der Waals surface area contributed by atoms with Crippen LogP contribution in [0, 0.1) is 0 Å². The zero-order chi connectivity index (χ0) is 28.5. The van der Waals surface area contributed by atoms with Gasteiger partial charge in [-0.1, -0.05) is 0 Å². The Hall–Kier alpha value is -3.20. The van der Waals surface area contributed by atoms with Gasteiger partial charge >= 0.3 is 6.18 Å². The van der Waals surface area contributed by atoms with Gasteiger partial charge in [-0.3, -0.25) is 4.90 Å². The van der Waals surface area contributed by atoms with Crippen LogP contribution in [-0.4, -0.2) is 91.7 Å². The molecule has 0 unspecified atom stereocenters. The van der Waals surface area contributed by atoms with Crippen LogP contribution in [0.4, 0.5) is 24.8 Å². The second kappa shape index (κ2) is 11.4. The molecule has 1 N–H and O–H groups in total. The minimum atomic E-state index is -4.72. The van der Waals surface area contributed by atoms with Gasteiger partial charge in [-0.15, -0.1) is 0 Å². The molecule has 4 heterocycles. The number of benzene rings is 1. The van der Waals surface area contributed by atoms with E-state index in [0.717, 1.165) is 39.0 Å². The molecule has 1 aromatic carbocycles. The molecule has 1 fully saturated rings. The minimum Gasteiger partial charge on any atom is -0.492 e. The summed E-state index contributed by atoms with van der Waals surface area (Å²) in [4.78, 5) is 12.7. The van der Waals surface area contributed by atoms with Gasteiger partial charge in [0.15, 0.2) is 5.76 Å². The van der Waals surface area contributed by atoms with E-state index in [-0.39, 0.29) is 31.2 Å². The molecule has 5 rings (SSSR count). The molecule has 14 heteroatoms. The fourth-order valence-electron chi connectivity index (χ4n) is 4.67. The lowest BCUT2D eigenvalue weighted by Gasteiger charge is -2.32. The van der Waals surface area contributed by atoms with Crippen molar-refractivity contribution in [2.75, 3.05) is 64.5 Å². The van der Waals surface area contributed by atoms with Crippen molar-refractivity contribution in [3.05, 3.63) is 53.4 Å². The fraction of sp³-hybridized carbons (Fsp3) is 0.462. The molecular weight excluding hydrogens is 549 g/mol. The first kappa shape index (κ1) is 28.3. The lowest BCUT2D eigenvalue weighted by molar-refractivity contribution is -0.137. The lowest BCUT2D eigenvalue weighted by Crippen LogP contribution is -2.45. The molecule has 0 bridgehead atoms. The lowest BCUT2D eigenvalue weighted by atomic mass is 10.1. The molecule has 0 atom stereocenters. The Morgan fingerprint density at radius 1 is 1.10 bits per heavy atom. The van der Waals surface area contributed by atoms with Crippen LogP contribution < -0.4 is 10.1 Å². The molecule has 3 aromatic rings. The zero-order valence-electron chi connectivity index (χ0n) is 22.2. The summed E-state index contributed by atoms with van der Waals surface area (Å²) in [7, 11) is -1.34. The highest BCUT2D eigenvalue weighted by Gasteiger charge is 2.37. The van der Waals surface area contributed by atoms with Crippen molar-refractivity contribution < 1.29 is 30.7 Å². The molecular formula is C26H31F3N6O4S. The predicted molar refractivity (Wildman–Crippen MR) is 143 cm³/mol. The average Bonchev–Trinajstić information content (AvgIpc) is 3.33. The SMILES string of the molecule is CN1CCN(CCOc2ccc(Nc3ncc(C(F)(F)F)c(-c4cc5c(o4)CCN(S(C)(=O)=O)C5)n3)cc2)CC1. The number of alkyl halides is 3. The van der Waals surface area contributed by atoms with Crippen LogP contribution in [0.2, 0.25) is 0 Å². The first-order chi connectivity index (χ1) is 19.0. The quantitative estimate of drug-likeness (QED) is 0.429. The number of hydrogen-bond acceptors (Lipinski definition) is 9. The molecule has 2 aliphatic heterocycles. The van der Waals surface area contributed by atoms with Crippen molar-refractivity contribution >= 4 is 21.7 Å². The van der Waals surface area contributed by atoms with Crippen LogP contribution in [0.25, 0.3) is 11.5 Å². The average molecular weight is 581 g/mol. The number of hydrogen-bond donors (Lipinski definition) is 1. The number of furan rings is 1. The maximum absolute atomic E-state index is 13.8. The molecule has 2 aromatic heterocycles. The van der Waals surface area contributed by atoms with Gasteiger partial charge in [0.2, 0.25) is 16.0 Å². The summed E-state index contributed by atoms with van der Waals surface area (Å²) >= 11 is 0. The monoisotopic (exact) mass is 580 g/mol. The number of sulfonamides is 1. The van der Waals surface area contributed by atoms with E-state index in [4.69, 9.17) is 9.15 Å². The van der Waals surface area contributed by atoms with Crippen molar-refractivity contribution in [1.82, 2.24) is 24.1 Å². The number of likely N-dealkylation sites (N-methyl/N-ethyl adjacent to an activating group) is 1. The summed E-state index contributed by atoms with van der Waals surface area (Å²) in [5.74, 6) is 0.985. The van der Waals surface area contributed by atoms with Crippen molar-refractivity contribution in [2.24, 2.45) is 0 Å². The Labute approximate surface area is 230 Å². The Morgan fingerprint density at radius 2 is 1.82 bits per heavy atom. The summed E-state index contributed by atoms with van der Waals surface area (Å²) in [5, 5.41) is 2.93. The van der Waals surface area contributed by atoms with Crippen LogP contribution in [0.1, 0.15) is 16.9 Å². The van der Waals surface area contributed by atoms with E-state index in [0.29, 0.717) is 35.6 Å². The minimum absolute atomic E-state index is 0.0268. The number of nitrogens with zero attached hydrogens (tertiary/aromatic N) is 5. The first-order valence-corrected chi connectivity index (χ1v) is 14.7. The number of rotatable bonds is 8. The van der Waals surface area contributed by atoms with Gasteiger partial charge in [0.25, 0.3) is 0 Å². The predicted octanol–water partition coefficient (Wildman–Crippen LogP) is 3.44. The third-order valence-electron chi connectivity index (χ3n) is 7.01. The molecule has 0 radical (unpaired) electrons. The number of nitrogens with one attached hydrogen (secondary N) is 1. The van der Waals surface area contributed by atoms with Crippen molar-refractivity contribution in [2.45, 2.75) is 19.1 Å². The van der Waals surface area contributed by atoms with Crippen LogP contribution in [0.15, 0.2) is 40.9 Å². The number of aromatic nitrogens is 2. The van der Waals surface area contributed by atoms with Gasteiger partial charge in [0.1, 0.15) is 29.4 Å². The first-order valence-electron chi connectivity index (χ1n) is 12.9. The Kier molecular flexibility index (Phi) is 8.04. The zero-order valence-corrected chi connectivity index (χ0v) is 23.1. The largest absolute Gasteiger partial charge is 0.492 e. The van der Waals surface area contributed by atoms with E-state index >= 15 is 0 Å². The van der Waals surface area contributed by atoms with E-state index in [1.54, 1.807) is 24.3 Å². The van der Waals surface area contributed by atoms with Gasteiger partial charge in [0, 0.05) is 69.7 Å². The Morgan fingerprint density at radius 3 is 2.50 bits per heavy atom. The molecule has 10 nitrogen and oxygen atoms in total. The molecule has 0 spiro atoms. The van der Waals surface area contributed by atoms with Crippen LogP contribution >= 0.6 is 0 Å². The van der Waals surface area contributed by atoms with Crippen LogP contribution in [0.5, 0.6) is 5.75 Å². The molecule has 2 aliphatic rings. The number of fused-ring (bicyclic) bond motifs is 1. The van der Waals surface area contributed by atoms with E-state index in [1.165, 1.54) is 10.4 Å². The van der Waals surface area contributed by atoms with E-state index < -0.39 is 27.5 Å². The normalized spacial score (nSPS) is 17.5. The Balaban J connectivity index is 1.28. The third kappa shape index (κ3) is 6.74. The van der Waals surface area contributed by atoms with Gasteiger partial charge < -0.3 is 19.4 Å². The molecule has 0 amide bonds. The van der Waals surface area contributed by atoms with E-state index in [1.807, 2.05) is 0 Å². The van der Waals surface area contributed by atoms with Gasteiger partial charge in [-0.05, 0) is 37.4 Å². The van der Waals surface area contributed by atoms with Crippen LogP contribution in [0.3, 0.4) is 0 Å². The molecule has 0 saturated carbocycles. The number of halogens is 3. The molecule has 0 aliphatic carbocycles. The van der Waals surface area contributed by atoms with Crippen molar-refractivity contribution in [3.8, 4) is 17.2 Å². The second-order valence-electron chi connectivity index (χ2n) is 10.0. The summed E-state index contributed by atoms with van der Waals surface area (Å²) in [6.07, 6.45) is -2.66. The summed E-state index contributed by atoms with van der Waals surface area (Å²) in [6, 6.07) is 8.42. The molecule has 1 saturated heterocycles. The van der Waals surface area contributed by atoms with Crippen molar-refractivity contribution in [3.63, 3.8) is 0 Å². The highest BCUT2D eigenvalue weighted by atomic mass is 32.2. The smallest absolute Gasteiger partial charge is 0.420 e.